The molecule has 1 aromatic heterocycles. The number of carbonyl (C=O) groups is 1. The quantitative estimate of drug-likeness (QED) is 0.580. The maximum Gasteiger partial charge on any atom is 0.333 e. The summed E-state index contributed by atoms with van der Waals surface area (Å²) in [6, 6.07) is -0.195. The zero-order chi connectivity index (χ0) is 14.6. The van der Waals surface area contributed by atoms with Crippen LogP contribution in [-0.4, -0.2) is 27.0 Å². The van der Waals surface area contributed by atoms with E-state index in [0.29, 0.717) is 17.8 Å². The lowest BCUT2D eigenvalue weighted by atomic mass is 10.2. The average Bonchev–Trinajstić information content (AvgIpc) is 2.72. The Balaban J connectivity index is 3.07. The SMILES string of the molecule is CCC[C@H](Nc1sc([N+](=O)[O-])cc1[N+](=O)[O-])C(=O)O. The van der Waals surface area contributed by atoms with Gasteiger partial charge < -0.3 is 10.4 Å². The Bertz CT molecular complexity index is 514. The number of hydrogen-bond acceptors (Lipinski definition) is 7. The number of aliphatic carboxylic acids is 1. The van der Waals surface area contributed by atoms with Gasteiger partial charge in [0.15, 0.2) is 5.00 Å². The Hall–Kier alpha value is -2.23. The lowest BCUT2D eigenvalue weighted by molar-refractivity contribution is -0.389. The number of hydrogen-bond donors (Lipinski definition) is 2. The van der Waals surface area contributed by atoms with Gasteiger partial charge in [-0.15, -0.1) is 0 Å². The second-order valence-corrected chi connectivity index (χ2v) is 4.67. The van der Waals surface area contributed by atoms with E-state index in [-0.39, 0.29) is 11.4 Å². The molecule has 0 unspecified atom stereocenters. The molecule has 0 aliphatic heterocycles. The Morgan fingerprint density at radius 2 is 2.11 bits per heavy atom. The summed E-state index contributed by atoms with van der Waals surface area (Å²) >= 11 is 0.552. The van der Waals surface area contributed by atoms with Crippen molar-refractivity contribution in [3.05, 3.63) is 26.3 Å². The lowest BCUT2D eigenvalue weighted by Gasteiger charge is -2.12. The van der Waals surface area contributed by atoms with E-state index >= 15 is 0 Å². The molecule has 0 aromatic carbocycles. The highest BCUT2D eigenvalue weighted by molar-refractivity contribution is 7.19. The molecule has 1 heterocycles. The molecule has 0 bridgehead atoms. The van der Waals surface area contributed by atoms with Crippen LogP contribution in [0.3, 0.4) is 0 Å². The molecular weight excluding hydrogens is 278 g/mol. The monoisotopic (exact) mass is 289 g/mol. The summed E-state index contributed by atoms with van der Waals surface area (Å²) < 4.78 is 0. The number of nitrogens with one attached hydrogen (secondary N) is 1. The van der Waals surface area contributed by atoms with Crippen molar-refractivity contribution in [3.8, 4) is 0 Å². The van der Waals surface area contributed by atoms with Crippen LogP contribution in [0.2, 0.25) is 0 Å². The highest BCUT2D eigenvalue weighted by atomic mass is 32.1. The van der Waals surface area contributed by atoms with Crippen molar-refractivity contribution in [2.75, 3.05) is 5.32 Å². The fourth-order valence-corrected chi connectivity index (χ4v) is 2.30. The van der Waals surface area contributed by atoms with E-state index in [9.17, 15) is 25.0 Å². The summed E-state index contributed by atoms with van der Waals surface area (Å²) in [5.74, 6) is -1.16. The van der Waals surface area contributed by atoms with Gasteiger partial charge in [0.05, 0.1) is 9.85 Å². The van der Waals surface area contributed by atoms with E-state index in [2.05, 4.69) is 5.32 Å². The normalized spacial score (nSPS) is 11.8. The fourth-order valence-electron chi connectivity index (χ4n) is 1.40. The topological polar surface area (TPSA) is 136 Å². The largest absolute Gasteiger partial charge is 0.480 e. The summed E-state index contributed by atoms with van der Waals surface area (Å²) in [5.41, 5.74) is -0.487. The number of nitro groups is 2. The van der Waals surface area contributed by atoms with Crippen molar-refractivity contribution in [1.82, 2.24) is 0 Å². The third-order valence-electron chi connectivity index (χ3n) is 2.26. The standard InChI is InChI=1S/C9H11N3O6S/c1-2-3-5(9(13)14)10-8-6(11(15)16)4-7(19-8)12(17)18/h4-5,10H,2-3H2,1H3,(H,13,14)/t5-/m0/s1. The number of anilines is 1. The van der Waals surface area contributed by atoms with Gasteiger partial charge in [0.25, 0.3) is 0 Å². The molecule has 9 nitrogen and oxygen atoms in total. The Labute approximate surface area is 111 Å². The van der Waals surface area contributed by atoms with Crippen molar-refractivity contribution in [2.24, 2.45) is 0 Å². The maximum absolute atomic E-state index is 11.0. The molecule has 2 N–H and O–H groups in total. The molecule has 10 heteroatoms. The highest BCUT2D eigenvalue weighted by Gasteiger charge is 2.28. The minimum atomic E-state index is -1.16. The van der Waals surface area contributed by atoms with Crippen LogP contribution in [-0.2, 0) is 4.79 Å². The molecule has 0 spiro atoms. The van der Waals surface area contributed by atoms with E-state index in [1.807, 2.05) is 0 Å². The molecular formula is C9H11N3O6S. The van der Waals surface area contributed by atoms with Gasteiger partial charge in [-0.2, -0.15) is 0 Å². The van der Waals surface area contributed by atoms with Crippen molar-refractivity contribution in [1.29, 1.82) is 0 Å². The van der Waals surface area contributed by atoms with Crippen LogP contribution in [0, 0.1) is 20.2 Å². The van der Waals surface area contributed by atoms with Gasteiger partial charge in [-0.05, 0) is 17.8 Å². The summed E-state index contributed by atoms with van der Waals surface area (Å²) in [4.78, 5) is 30.8. The smallest absolute Gasteiger partial charge is 0.333 e. The summed E-state index contributed by atoms with van der Waals surface area (Å²) in [5, 5.41) is 32.3. The molecule has 0 aliphatic rings. The number of carboxylic acids is 1. The van der Waals surface area contributed by atoms with Crippen LogP contribution in [0.5, 0.6) is 0 Å². The molecule has 0 fully saturated rings. The van der Waals surface area contributed by atoms with Gasteiger partial charge in [-0.1, -0.05) is 13.3 Å². The first-order valence-electron chi connectivity index (χ1n) is 5.28. The Morgan fingerprint density at radius 3 is 2.53 bits per heavy atom. The average molecular weight is 289 g/mol. The zero-order valence-electron chi connectivity index (χ0n) is 9.86. The number of rotatable bonds is 7. The predicted molar refractivity (Wildman–Crippen MR) is 67.6 cm³/mol. The van der Waals surface area contributed by atoms with Gasteiger partial charge in [-0.3, -0.25) is 20.2 Å². The molecule has 1 aromatic rings. The van der Waals surface area contributed by atoms with Crippen LogP contribution in [0.25, 0.3) is 0 Å². The molecule has 1 atom stereocenters. The number of thiophene rings is 1. The first kappa shape index (κ1) is 14.8. The van der Waals surface area contributed by atoms with E-state index in [4.69, 9.17) is 5.11 Å². The third-order valence-corrected chi connectivity index (χ3v) is 3.26. The van der Waals surface area contributed by atoms with Crippen LogP contribution >= 0.6 is 11.3 Å². The summed E-state index contributed by atoms with van der Waals surface area (Å²) in [7, 11) is 0. The first-order chi connectivity index (χ1) is 8.86. The lowest BCUT2D eigenvalue weighted by Crippen LogP contribution is -2.28. The minimum absolute atomic E-state index is 0.113. The molecule has 1 rings (SSSR count). The molecule has 0 saturated heterocycles. The molecule has 0 aliphatic carbocycles. The van der Waals surface area contributed by atoms with E-state index in [1.54, 1.807) is 6.92 Å². The fraction of sp³-hybridized carbons (Fsp3) is 0.444. The second kappa shape index (κ2) is 6.09. The predicted octanol–water partition coefficient (Wildman–Crippen LogP) is 2.23. The molecule has 0 amide bonds. The van der Waals surface area contributed by atoms with Gasteiger partial charge >= 0.3 is 16.7 Å². The van der Waals surface area contributed by atoms with Crippen molar-refractivity contribution in [3.63, 3.8) is 0 Å². The second-order valence-electron chi connectivity index (χ2n) is 3.64. The molecule has 0 saturated carbocycles. The summed E-state index contributed by atoms with van der Waals surface area (Å²) in [6.07, 6.45) is 0.823. The van der Waals surface area contributed by atoms with Gasteiger partial charge in [0, 0.05) is 0 Å². The van der Waals surface area contributed by atoms with Crippen LogP contribution in [0.15, 0.2) is 6.07 Å². The molecule has 104 valence electrons. The van der Waals surface area contributed by atoms with Gasteiger partial charge in [0.2, 0.25) is 0 Å². The highest BCUT2D eigenvalue weighted by Crippen LogP contribution is 2.39. The van der Waals surface area contributed by atoms with Crippen LogP contribution < -0.4 is 5.32 Å². The first-order valence-corrected chi connectivity index (χ1v) is 6.10. The molecule has 19 heavy (non-hydrogen) atoms. The van der Waals surface area contributed by atoms with E-state index < -0.39 is 32.5 Å². The zero-order valence-corrected chi connectivity index (χ0v) is 10.7. The van der Waals surface area contributed by atoms with Crippen LogP contribution in [0.1, 0.15) is 19.8 Å². The maximum atomic E-state index is 11.0. The molecule has 0 radical (unpaired) electrons. The number of carboxylic acid groups (broad SMARTS) is 1. The van der Waals surface area contributed by atoms with Gasteiger partial charge in [-0.25, -0.2) is 4.79 Å². The summed E-state index contributed by atoms with van der Waals surface area (Å²) in [6.45, 7) is 1.77. The Morgan fingerprint density at radius 1 is 1.47 bits per heavy atom. The van der Waals surface area contributed by atoms with Gasteiger partial charge in [0.1, 0.15) is 12.1 Å². The van der Waals surface area contributed by atoms with Crippen LogP contribution in [0.4, 0.5) is 15.7 Å². The van der Waals surface area contributed by atoms with E-state index in [0.717, 1.165) is 6.07 Å². The minimum Gasteiger partial charge on any atom is -0.480 e. The van der Waals surface area contributed by atoms with Crippen molar-refractivity contribution >= 4 is 33.0 Å². The van der Waals surface area contributed by atoms with Crippen molar-refractivity contribution < 1.29 is 19.7 Å². The third kappa shape index (κ3) is 3.61. The Kier molecular flexibility index (Phi) is 4.75. The van der Waals surface area contributed by atoms with Crippen molar-refractivity contribution in [2.45, 2.75) is 25.8 Å². The van der Waals surface area contributed by atoms with E-state index in [1.165, 1.54) is 0 Å². The number of nitrogens with zero attached hydrogens (tertiary/aromatic N) is 2.